The summed E-state index contributed by atoms with van der Waals surface area (Å²) in [7, 11) is 0. The molecule has 4 rings (SSSR count). The first-order chi connectivity index (χ1) is 10.4. The summed E-state index contributed by atoms with van der Waals surface area (Å²) in [5.74, 6) is 0. The molecule has 0 spiro atoms. The third kappa shape index (κ3) is 2.22. The zero-order valence-corrected chi connectivity index (χ0v) is 12.4. The standard InChI is InChI=1S/C19H15NS/c1-3-9-15(10-4-1)20-16-11-5-2-6-13-18(16)21-19-14-8-7-12-17(19)20/h1,3-14H,2H2. The zero-order chi connectivity index (χ0) is 14.1. The Balaban J connectivity index is 1.95. The van der Waals surface area contributed by atoms with Gasteiger partial charge in [-0.15, -0.1) is 0 Å². The van der Waals surface area contributed by atoms with Crippen LogP contribution in [0.5, 0.6) is 0 Å². The molecule has 0 fully saturated rings. The highest BCUT2D eigenvalue weighted by Crippen LogP contribution is 2.47. The second-order valence-corrected chi connectivity index (χ2v) is 6.11. The molecule has 0 N–H and O–H groups in total. The molecule has 0 bridgehead atoms. The molecule has 0 saturated carbocycles. The van der Waals surface area contributed by atoms with E-state index in [2.05, 4.69) is 83.8 Å². The maximum atomic E-state index is 2.35. The van der Waals surface area contributed by atoms with Gasteiger partial charge in [0.05, 0.1) is 11.4 Å². The molecule has 2 aromatic rings. The molecule has 0 atom stereocenters. The first kappa shape index (κ1) is 12.5. The van der Waals surface area contributed by atoms with E-state index in [0.29, 0.717) is 0 Å². The van der Waals surface area contributed by atoms with E-state index < -0.39 is 0 Å². The fraction of sp³-hybridized carbons (Fsp3) is 0.0526. The van der Waals surface area contributed by atoms with E-state index in [1.54, 1.807) is 0 Å². The quantitative estimate of drug-likeness (QED) is 0.666. The van der Waals surface area contributed by atoms with Crippen LogP contribution in [0.1, 0.15) is 6.42 Å². The third-order valence-electron chi connectivity index (χ3n) is 3.65. The molecule has 0 aromatic heterocycles. The molecule has 2 aliphatic rings. The van der Waals surface area contributed by atoms with Crippen LogP contribution in [0.25, 0.3) is 0 Å². The topological polar surface area (TPSA) is 3.24 Å². The number of allylic oxidation sites excluding steroid dienone is 4. The molecule has 1 nitrogen and oxygen atoms in total. The lowest BCUT2D eigenvalue weighted by molar-refractivity contribution is 1.15. The van der Waals surface area contributed by atoms with Crippen LogP contribution < -0.4 is 4.90 Å². The second-order valence-electron chi connectivity index (χ2n) is 5.03. The first-order valence-electron chi connectivity index (χ1n) is 7.13. The Kier molecular flexibility index (Phi) is 3.17. The van der Waals surface area contributed by atoms with Crippen molar-refractivity contribution in [2.24, 2.45) is 0 Å². The third-order valence-corrected chi connectivity index (χ3v) is 4.78. The largest absolute Gasteiger partial charge is 0.308 e. The van der Waals surface area contributed by atoms with Gasteiger partial charge in [-0.05, 0) is 42.8 Å². The van der Waals surface area contributed by atoms with Crippen LogP contribution in [0.2, 0.25) is 0 Å². The van der Waals surface area contributed by atoms with Crippen LogP contribution >= 0.6 is 11.8 Å². The van der Waals surface area contributed by atoms with Gasteiger partial charge in [0.2, 0.25) is 0 Å². The number of hydrogen-bond acceptors (Lipinski definition) is 2. The van der Waals surface area contributed by atoms with E-state index in [1.165, 1.54) is 26.9 Å². The molecule has 1 aliphatic heterocycles. The molecule has 0 amide bonds. The number of rotatable bonds is 1. The smallest absolute Gasteiger partial charge is 0.0601 e. The highest BCUT2D eigenvalue weighted by atomic mass is 32.2. The normalized spacial score (nSPS) is 16.5. The minimum Gasteiger partial charge on any atom is -0.308 e. The van der Waals surface area contributed by atoms with Crippen molar-refractivity contribution in [1.29, 1.82) is 0 Å². The predicted molar refractivity (Wildman–Crippen MR) is 90.8 cm³/mol. The molecular weight excluding hydrogens is 274 g/mol. The molecular formula is C19H15NS. The summed E-state index contributed by atoms with van der Waals surface area (Å²) in [6.45, 7) is 0. The Morgan fingerprint density at radius 2 is 1.57 bits per heavy atom. The summed E-state index contributed by atoms with van der Waals surface area (Å²) in [4.78, 5) is 4.97. The first-order valence-corrected chi connectivity index (χ1v) is 7.94. The van der Waals surface area contributed by atoms with Crippen LogP contribution in [-0.4, -0.2) is 0 Å². The molecule has 2 heteroatoms. The fourth-order valence-corrected chi connectivity index (χ4v) is 3.78. The molecule has 2 aromatic carbocycles. The van der Waals surface area contributed by atoms with Crippen LogP contribution in [0.15, 0.2) is 94.4 Å². The van der Waals surface area contributed by atoms with Gasteiger partial charge in [-0.25, -0.2) is 0 Å². The average Bonchev–Trinajstić information content (AvgIpc) is 2.78. The average molecular weight is 289 g/mol. The molecule has 1 heterocycles. The van der Waals surface area contributed by atoms with E-state index in [1.807, 2.05) is 11.8 Å². The van der Waals surface area contributed by atoms with Crippen molar-refractivity contribution >= 4 is 23.1 Å². The number of hydrogen-bond donors (Lipinski definition) is 0. The summed E-state index contributed by atoms with van der Waals surface area (Å²) < 4.78 is 0. The van der Waals surface area contributed by atoms with Crippen molar-refractivity contribution in [3.8, 4) is 0 Å². The molecule has 0 unspecified atom stereocenters. The van der Waals surface area contributed by atoms with E-state index in [0.717, 1.165) is 6.42 Å². The number of benzene rings is 2. The highest BCUT2D eigenvalue weighted by Gasteiger charge is 2.24. The second kappa shape index (κ2) is 5.30. The van der Waals surface area contributed by atoms with Gasteiger partial charge in [0, 0.05) is 15.5 Å². The van der Waals surface area contributed by atoms with Crippen molar-refractivity contribution in [1.82, 2.24) is 0 Å². The van der Waals surface area contributed by atoms with Crippen molar-refractivity contribution in [3.63, 3.8) is 0 Å². The number of fused-ring (bicyclic) bond motifs is 1. The van der Waals surface area contributed by atoms with Gasteiger partial charge < -0.3 is 4.90 Å². The van der Waals surface area contributed by atoms with E-state index >= 15 is 0 Å². The van der Waals surface area contributed by atoms with E-state index in [4.69, 9.17) is 0 Å². The van der Waals surface area contributed by atoms with E-state index in [9.17, 15) is 0 Å². The lowest BCUT2D eigenvalue weighted by Crippen LogP contribution is -2.19. The summed E-state index contributed by atoms with van der Waals surface area (Å²) in [6, 6.07) is 19.2. The van der Waals surface area contributed by atoms with Gasteiger partial charge in [0.15, 0.2) is 0 Å². The lowest BCUT2D eigenvalue weighted by Gasteiger charge is -2.33. The summed E-state index contributed by atoms with van der Waals surface area (Å²) in [5, 5.41) is 0. The fourth-order valence-electron chi connectivity index (χ4n) is 2.70. The Bertz CT molecular complexity index is 756. The molecule has 0 saturated heterocycles. The van der Waals surface area contributed by atoms with Crippen molar-refractivity contribution < 1.29 is 0 Å². The van der Waals surface area contributed by atoms with Crippen molar-refractivity contribution in [2.45, 2.75) is 11.3 Å². The van der Waals surface area contributed by atoms with Crippen LogP contribution in [0, 0.1) is 0 Å². The van der Waals surface area contributed by atoms with Gasteiger partial charge in [-0.3, -0.25) is 0 Å². The van der Waals surface area contributed by atoms with Crippen LogP contribution in [-0.2, 0) is 0 Å². The monoisotopic (exact) mass is 289 g/mol. The number of anilines is 2. The van der Waals surface area contributed by atoms with Gasteiger partial charge in [-0.1, -0.05) is 54.2 Å². The van der Waals surface area contributed by atoms with E-state index in [-0.39, 0.29) is 0 Å². The minimum atomic E-state index is 0.993. The Morgan fingerprint density at radius 3 is 2.48 bits per heavy atom. The van der Waals surface area contributed by atoms with Crippen LogP contribution in [0.4, 0.5) is 11.4 Å². The summed E-state index contributed by atoms with van der Waals surface area (Å²) >= 11 is 1.85. The minimum absolute atomic E-state index is 0.993. The maximum absolute atomic E-state index is 2.35. The maximum Gasteiger partial charge on any atom is 0.0601 e. The Morgan fingerprint density at radius 1 is 0.810 bits per heavy atom. The molecule has 102 valence electrons. The molecule has 1 aliphatic carbocycles. The van der Waals surface area contributed by atoms with Crippen LogP contribution in [0.3, 0.4) is 0 Å². The van der Waals surface area contributed by atoms with Gasteiger partial charge in [0.25, 0.3) is 0 Å². The van der Waals surface area contributed by atoms with Crippen molar-refractivity contribution in [2.75, 3.05) is 4.90 Å². The lowest BCUT2D eigenvalue weighted by atomic mass is 10.2. The predicted octanol–water partition coefficient (Wildman–Crippen LogP) is 5.66. The van der Waals surface area contributed by atoms with Crippen molar-refractivity contribution in [3.05, 3.63) is 89.5 Å². The zero-order valence-electron chi connectivity index (χ0n) is 11.6. The Labute approximate surface area is 129 Å². The van der Waals surface area contributed by atoms with Gasteiger partial charge in [0.1, 0.15) is 0 Å². The number of nitrogens with zero attached hydrogens (tertiary/aromatic N) is 1. The SMILES string of the molecule is C1=CC2=C(C=CC1)N(c1ccccc1)c1ccccc1S2. The van der Waals surface area contributed by atoms with Gasteiger partial charge >= 0.3 is 0 Å². The number of thioether (sulfide) groups is 1. The molecule has 21 heavy (non-hydrogen) atoms. The Hall–Kier alpha value is -2.19. The summed E-state index contributed by atoms with van der Waals surface area (Å²) in [6.07, 6.45) is 9.93. The number of para-hydroxylation sites is 2. The van der Waals surface area contributed by atoms with Gasteiger partial charge in [-0.2, -0.15) is 0 Å². The summed E-state index contributed by atoms with van der Waals surface area (Å²) in [5.41, 5.74) is 3.73. The molecule has 0 radical (unpaired) electrons. The highest BCUT2D eigenvalue weighted by molar-refractivity contribution is 8.03.